The highest BCUT2D eigenvalue weighted by Crippen LogP contribution is 2.28. The number of aromatic nitrogens is 2. The Hall–Kier alpha value is -0.860. The van der Waals surface area contributed by atoms with E-state index in [0.29, 0.717) is 29.6 Å². The Labute approximate surface area is 149 Å². The van der Waals surface area contributed by atoms with Crippen molar-refractivity contribution in [3.8, 4) is 0 Å². The second kappa shape index (κ2) is 7.80. The van der Waals surface area contributed by atoms with Crippen molar-refractivity contribution in [2.45, 2.75) is 65.4 Å². The summed E-state index contributed by atoms with van der Waals surface area (Å²) in [5.74, 6) is 0.646. The summed E-state index contributed by atoms with van der Waals surface area (Å²) >= 11 is 0. The van der Waals surface area contributed by atoms with Crippen molar-refractivity contribution in [1.29, 1.82) is 0 Å². The highest BCUT2D eigenvalue weighted by atomic mass is 16.7. The lowest BCUT2D eigenvalue weighted by molar-refractivity contribution is -0.0377. The van der Waals surface area contributed by atoms with Crippen LogP contribution in [0.5, 0.6) is 0 Å². The summed E-state index contributed by atoms with van der Waals surface area (Å²) in [5, 5.41) is 24.0. The van der Waals surface area contributed by atoms with Gasteiger partial charge in [0.25, 0.3) is 0 Å². The van der Waals surface area contributed by atoms with Gasteiger partial charge in [-0.2, -0.15) is 5.10 Å². The molecular formula is C16H28B2N2O5. The molecule has 138 valence electrons. The summed E-state index contributed by atoms with van der Waals surface area (Å²) in [5.41, 5.74) is 0.870. The van der Waals surface area contributed by atoms with Gasteiger partial charge in [-0.15, -0.1) is 0 Å². The first-order chi connectivity index (χ1) is 11.9. The van der Waals surface area contributed by atoms with Gasteiger partial charge in [-0.05, 0) is 37.2 Å². The molecule has 0 amide bonds. The molecule has 3 heterocycles. The maximum absolute atomic E-state index is 9.73. The van der Waals surface area contributed by atoms with E-state index in [-0.39, 0.29) is 18.4 Å². The van der Waals surface area contributed by atoms with Crippen molar-refractivity contribution in [2.24, 2.45) is 11.8 Å². The molecule has 0 spiro atoms. The van der Waals surface area contributed by atoms with Crippen molar-refractivity contribution in [2.75, 3.05) is 6.61 Å². The molecule has 2 aliphatic rings. The van der Waals surface area contributed by atoms with Crippen molar-refractivity contribution in [3.05, 3.63) is 6.07 Å². The zero-order valence-electron chi connectivity index (χ0n) is 15.5. The fourth-order valence-corrected chi connectivity index (χ4v) is 3.57. The molecule has 0 aromatic carbocycles. The Kier molecular flexibility index (Phi) is 5.90. The molecule has 2 fully saturated rings. The van der Waals surface area contributed by atoms with Crippen molar-refractivity contribution in [1.82, 2.24) is 9.78 Å². The van der Waals surface area contributed by atoms with Gasteiger partial charge in [0.1, 0.15) is 6.23 Å². The topological polar surface area (TPSA) is 86.0 Å². The Morgan fingerprint density at radius 2 is 1.80 bits per heavy atom. The molecule has 0 saturated carbocycles. The summed E-state index contributed by atoms with van der Waals surface area (Å²) in [7, 11) is -2.21. The van der Waals surface area contributed by atoms with E-state index in [4.69, 9.17) is 14.0 Å². The van der Waals surface area contributed by atoms with E-state index in [1.165, 1.54) is 0 Å². The first kappa shape index (κ1) is 18.9. The normalized spacial score (nSPS) is 27.5. The van der Waals surface area contributed by atoms with Gasteiger partial charge in [0.2, 0.25) is 0 Å². The molecule has 0 bridgehead atoms. The lowest BCUT2D eigenvalue weighted by atomic mass is 9.80. The van der Waals surface area contributed by atoms with Crippen LogP contribution < -0.4 is 11.2 Å². The van der Waals surface area contributed by atoms with Gasteiger partial charge >= 0.3 is 14.2 Å². The lowest BCUT2D eigenvalue weighted by Crippen LogP contribution is -2.39. The SMILES string of the molecule is CC(C)C1OB(c2cc(B(O)O)n(C3CCCCO3)n2)OC1C(C)C. The van der Waals surface area contributed by atoms with Crippen LogP contribution in [0.3, 0.4) is 0 Å². The molecule has 3 rings (SSSR count). The molecule has 0 radical (unpaired) electrons. The van der Waals surface area contributed by atoms with E-state index in [2.05, 4.69) is 32.8 Å². The van der Waals surface area contributed by atoms with Crippen LogP contribution in [0.4, 0.5) is 0 Å². The van der Waals surface area contributed by atoms with Gasteiger partial charge in [0.15, 0.2) is 0 Å². The average molecular weight is 350 g/mol. The molecule has 2 saturated heterocycles. The number of rotatable bonds is 5. The van der Waals surface area contributed by atoms with Crippen molar-refractivity contribution >= 4 is 25.4 Å². The molecule has 25 heavy (non-hydrogen) atoms. The largest absolute Gasteiger partial charge is 0.516 e. The third-order valence-electron chi connectivity index (χ3n) is 4.92. The van der Waals surface area contributed by atoms with Crippen LogP contribution in [0, 0.1) is 11.8 Å². The molecule has 3 unspecified atom stereocenters. The fourth-order valence-electron chi connectivity index (χ4n) is 3.57. The lowest BCUT2D eigenvalue weighted by Gasteiger charge is -2.24. The molecule has 7 nitrogen and oxygen atoms in total. The smallest absolute Gasteiger partial charge is 0.422 e. The molecule has 2 aliphatic heterocycles. The standard InChI is InChI=1S/C16H28B2N2O5/c1-10(2)15-16(11(3)4)25-18(24-15)12-9-13(17(21)22)20(19-12)14-7-5-6-8-23-14/h9-11,14-16,21-22H,5-8H2,1-4H3. The van der Waals surface area contributed by atoms with Crippen LogP contribution in [0.1, 0.15) is 53.2 Å². The Morgan fingerprint density at radius 3 is 2.28 bits per heavy atom. The predicted molar refractivity (Wildman–Crippen MR) is 95.7 cm³/mol. The van der Waals surface area contributed by atoms with Crippen LogP contribution in [0.25, 0.3) is 0 Å². The first-order valence-electron chi connectivity index (χ1n) is 9.26. The Bertz CT molecular complexity index is 559. The molecule has 3 atom stereocenters. The summed E-state index contributed by atoms with van der Waals surface area (Å²) < 4.78 is 19.5. The van der Waals surface area contributed by atoms with Gasteiger partial charge in [-0.3, -0.25) is 0 Å². The van der Waals surface area contributed by atoms with Crippen LogP contribution in [0.15, 0.2) is 6.07 Å². The molecule has 1 aromatic rings. The van der Waals surface area contributed by atoms with E-state index < -0.39 is 14.2 Å². The molecular weight excluding hydrogens is 322 g/mol. The van der Waals surface area contributed by atoms with Crippen LogP contribution in [-0.4, -0.2) is 52.9 Å². The van der Waals surface area contributed by atoms with Crippen molar-refractivity contribution < 1.29 is 24.1 Å². The minimum absolute atomic E-state index is 0.0106. The highest BCUT2D eigenvalue weighted by Gasteiger charge is 2.45. The van der Waals surface area contributed by atoms with E-state index in [0.717, 1.165) is 19.3 Å². The van der Waals surface area contributed by atoms with Crippen LogP contribution in [0.2, 0.25) is 0 Å². The molecule has 9 heteroatoms. The predicted octanol–water partition coefficient (Wildman–Crippen LogP) is 0.0532. The summed E-state index contributed by atoms with van der Waals surface area (Å²) in [6.07, 6.45) is 2.55. The Balaban J connectivity index is 1.85. The minimum Gasteiger partial charge on any atom is -0.422 e. The molecule has 1 aromatic heterocycles. The van der Waals surface area contributed by atoms with Gasteiger partial charge in [0.05, 0.1) is 23.4 Å². The third-order valence-corrected chi connectivity index (χ3v) is 4.92. The number of nitrogens with zero attached hydrogens (tertiary/aromatic N) is 2. The van der Waals surface area contributed by atoms with Gasteiger partial charge in [-0.25, -0.2) is 4.68 Å². The quantitative estimate of drug-likeness (QED) is 0.731. The molecule has 2 N–H and O–H groups in total. The summed E-state index contributed by atoms with van der Waals surface area (Å²) in [6, 6.07) is 1.65. The van der Waals surface area contributed by atoms with Gasteiger partial charge in [-0.1, -0.05) is 27.7 Å². The number of hydrogen-bond acceptors (Lipinski definition) is 6. The first-order valence-corrected chi connectivity index (χ1v) is 9.26. The Morgan fingerprint density at radius 1 is 1.16 bits per heavy atom. The van der Waals surface area contributed by atoms with E-state index in [1.807, 2.05) is 0 Å². The maximum Gasteiger partial charge on any atom is 0.516 e. The average Bonchev–Trinajstić information content (AvgIpc) is 3.20. The van der Waals surface area contributed by atoms with Crippen LogP contribution in [-0.2, 0) is 14.0 Å². The molecule has 0 aliphatic carbocycles. The zero-order chi connectivity index (χ0) is 18.1. The minimum atomic E-state index is -1.62. The third kappa shape index (κ3) is 3.95. The fraction of sp³-hybridized carbons (Fsp3) is 0.812. The van der Waals surface area contributed by atoms with Gasteiger partial charge in [0, 0.05) is 6.61 Å². The van der Waals surface area contributed by atoms with E-state index in [9.17, 15) is 10.0 Å². The monoisotopic (exact) mass is 350 g/mol. The second-order valence-electron chi connectivity index (χ2n) is 7.65. The highest BCUT2D eigenvalue weighted by molar-refractivity contribution is 6.63. The van der Waals surface area contributed by atoms with Gasteiger partial charge < -0.3 is 24.1 Å². The summed E-state index contributed by atoms with van der Waals surface area (Å²) in [6.45, 7) is 9.11. The van der Waals surface area contributed by atoms with E-state index >= 15 is 0 Å². The van der Waals surface area contributed by atoms with E-state index in [1.54, 1.807) is 10.7 Å². The number of hydrogen-bond donors (Lipinski definition) is 2. The van der Waals surface area contributed by atoms with Crippen molar-refractivity contribution in [3.63, 3.8) is 0 Å². The maximum atomic E-state index is 9.73. The number of ether oxygens (including phenoxy) is 1. The summed E-state index contributed by atoms with van der Waals surface area (Å²) in [4.78, 5) is 0. The van der Waals surface area contributed by atoms with Crippen LogP contribution >= 0.6 is 0 Å². The zero-order valence-corrected chi connectivity index (χ0v) is 15.5. The second-order valence-corrected chi connectivity index (χ2v) is 7.65.